The van der Waals surface area contributed by atoms with Crippen LogP contribution in [0.4, 0.5) is 0 Å². The summed E-state index contributed by atoms with van der Waals surface area (Å²) in [7, 11) is 0. The van der Waals surface area contributed by atoms with Gasteiger partial charge < -0.3 is 10.3 Å². The number of halogens is 1. The van der Waals surface area contributed by atoms with E-state index in [0.717, 1.165) is 6.42 Å². The minimum Gasteiger partial charge on any atom is -0.356 e. The predicted molar refractivity (Wildman–Crippen MR) is 70.9 cm³/mol. The Morgan fingerprint density at radius 1 is 1.33 bits per heavy atom. The van der Waals surface area contributed by atoms with Crippen LogP contribution in [0.2, 0.25) is 5.02 Å². The molecule has 0 radical (unpaired) electrons. The Bertz CT molecular complexity index is 564. The molecule has 1 aliphatic carbocycles. The van der Waals surface area contributed by atoms with E-state index in [-0.39, 0.29) is 11.9 Å². The molecule has 2 atom stereocenters. The van der Waals surface area contributed by atoms with E-state index in [4.69, 9.17) is 11.6 Å². The van der Waals surface area contributed by atoms with Gasteiger partial charge in [-0.25, -0.2) is 0 Å². The van der Waals surface area contributed by atoms with Crippen molar-refractivity contribution in [1.82, 2.24) is 10.3 Å². The van der Waals surface area contributed by atoms with Crippen molar-refractivity contribution in [1.29, 1.82) is 0 Å². The zero-order chi connectivity index (χ0) is 12.5. The van der Waals surface area contributed by atoms with E-state index in [0.29, 0.717) is 16.6 Å². The Morgan fingerprint density at radius 3 is 2.78 bits per heavy atom. The van der Waals surface area contributed by atoms with E-state index < -0.39 is 0 Å². The van der Waals surface area contributed by atoms with Crippen molar-refractivity contribution in [3.05, 3.63) is 58.9 Å². The normalized spacial score (nSPS) is 21.6. The summed E-state index contributed by atoms with van der Waals surface area (Å²) >= 11 is 5.77. The second-order valence-corrected chi connectivity index (χ2v) is 5.00. The van der Waals surface area contributed by atoms with E-state index >= 15 is 0 Å². The first-order valence-electron chi connectivity index (χ1n) is 5.94. The van der Waals surface area contributed by atoms with Crippen LogP contribution >= 0.6 is 11.6 Å². The number of nitrogens with one attached hydrogen (secondary N) is 2. The van der Waals surface area contributed by atoms with Crippen molar-refractivity contribution < 1.29 is 4.79 Å². The number of H-pyrrole nitrogens is 1. The molecular weight excluding hydrogens is 248 g/mol. The lowest BCUT2D eigenvalue weighted by atomic mass is 10.1. The van der Waals surface area contributed by atoms with Crippen LogP contribution in [0.25, 0.3) is 0 Å². The van der Waals surface area contributed by atoms with Crippen LogP contribution in [0, 0.1) is 0 Å². The van der Waals surface area contributed by atoms with Crippen molar-refractivity contribution in [2.75, 3.05) is 0 Å². The van der Waals surface area contributed by atoms with Gasteiger partial charge in [0.1, 0.15) is 5.69 Å². The van der Waals surface area contributed by atoms with Crippen molar-refractivity contribution in [3.63, 3.8) is 0 Å². The molecule has 18 heavy (non-hydrogen) atoms. The Morgan fingerprint density at radius 2 is 2.11 bits per heavy atom. The molecule has 1 heterocycles. The average Bonchev–Trinajstić information content (AvgIpc) is 3.01. The number of hydrogen-bond acceptors (Lipinski definition) is 1. The molecular formula is C14H13ClN2O. The van der Waals surface area contributed by atoms with Crippen molar-refractivity contribution >= 4 is 17.5 Å². The summed E-state index contributed by atoms with van der Waals surface area (Å²) in [5, 5.41) is 3.55. The number of aromatic nitrogens is 1. The topological polar surface area (TPSA) is 44.9 Å². The van der Waals surface area contributed by atoms with Gasteiger partial charge >= 0.3 is 0 Å². The third-order valence-corrected chi connectivity index (χ3v) is 3.45. The SMILES string of the molecule is O=C(N[C@@H]1C[C@H]1c1ccccc1)c1cc(Cl)c[nH]1. The van der Waals surface area contributed by atoms with Crippen LogP contribution in [0.1, 0.15) is 28.4 Å². The third-order valence-electron chi connectivity index (χ3n) is 3.23. The molecule has 2 N–H and O–H groups in total. The first-order chi connectivity index (χ1) is 8.74. The Balaban J connectivity index is 1.62. The summed E-state index contributed by atoms with van der Waals surface area (Å²) in [6, 6.07) is 12.1. The van der Waals surface area contributed by atoms with Gasteiger partial charge in [0.05, 0.1) is 5.02 Å². The molecule has 1 aromatic carbocycles. The largest absolute Gasteiger partial charge is 0.356 e. The zero-order valence-electron chi connectivity index (χ0n) is 9.69. The van der Waals surface area contributed by atoms with Crippen molar-refractivity contribution in [3.8, 4) is 0 Å². The lowest BCUT2D eigenvalue weighted by Crippen LogP contribution is -2.26. The van der Waals surface area contributed by atoms with Crippen LogP contribution < -0.4 is 5.32 Å². The summed E-state index contributed by atoms with van der Waals surface area (Å²) in [6.07, 6.45) is 2.61. The first kappa shape index (κ1) is 11.4. The van der Waals surface area contributed by atoms with Gasteiger partial charge in [0, 0.05) is 18.2 Å². The molecule has 3 nitrogen and oxygen atoms in total. The van der Waals surface area contributed by atoms with Crippen LogP contribution in [-0.2, 0) is 0 Å². The molecule has 1 fully saturated rings. The van der Waals surface area contributed by atoms with Gasteiger partial charge in [-0.05, 0) is 18.1 Å². The molecule has 2 aromatic rings. The molecule has 1 amide bonds. The second kappa shape index (κ2) is 4.50. The van der Waals surface area contributed by atoms with Gasteiger partial charge in [-0.2, -0.15) is 0 Å². The fourth-order valence-electron chi connectivity index (χ4n) is 2.17. The third kappa shape index (κ3) is 2.27. The van der Waals surface area contributed by atoms with E-state index in [1.807, 2.05) is 18.2 Å². The molecule has 0 unspecified atom stereocenters. The Kier molecular flexibility index (Phi) is 2.84. The zero-order valence-corrected chi connectivity index (χ0v) is 10.4. The standard InChI is InChI=1S/C14H13ClN2O/c15-10-6-13(16-8-10)14(18)17-12-7-11(12)9-4-2-1-3-5-9/h1-6,8,11-12,16H,7H2,(H,17,18)/t11-,12+/m0/s1. The fourth-order valence-corrected chi connectivity index (χ4v) is 2.33. The number of hydrogen-bond donors (Lipinski definition) is 2. The van der Waals surface area contributed by atoms with Crippen LogP contribution in [0.5, 0.6) is 0 Å². The van der Waals surface area contributed by atoms with Gasteiger partial charge in [-0.3, -0.25) is 4.79 Å². The highest BCUT2D eigenvalue weighted by molar-refractivity contribution is 6.30. The highest BCUT2D eigenvalue weighted by atomic mass is 35.5. The quantitative estimate of drug-likeness (QED) is 0.876. The average molecular weight is 261 g/mol. The number of aromatic amines is 1. The van der Waals surface area contributed by atoms with E-state index in [1.165, 1.54) is 5.56 Å². The highest BCUT2D eigenvalue weighted by Crippen LogP contribution is 2.40. The highest BCUT2D eigenvalue weighted by Gasteiger charge is 2.39. The first-order valence-corrected chi connectivity index (χ1v) is 6.31. The summed E-state index contributed by atoms with van der Waals surface area (Å²) in [4.78, 5) is 14.7. The smallest absolute Gasteiger partial charge is 0.267 e. The molecule has 0 aliphatic heterocycles. The minimum atomic E-state index is -0.0923. The van der Waals surface area contributed by atoms with Crippen molar-refractivity contribution in [2.24, 2.45) is 0 Å². The minimum absolute atomic E-state index is 0.0923. The van der Waals surface area contributed by atoms with Gasteiger partial charge in [0.25, 0.3) is 5.91 Å². The number of rotatable bonds is 3. The second-order valence-electron chi connectivity index (χ2n) is 4.56. The molecule has 1 aromatic heterocycles. The molecule has 1 saturated carbocycles. The molecule has 4 heteroatoms. The van der Waals surface area contributed by atoms with E-state index in [1.54, 1.807) is 12.3 Å². The molecule has 0 saturated heterocycles. The summed E-state index contributed by atoms with van der Waals surface area (Å²) in [5.74, 6) is 0.353. The van der Waals surface area contributed by atoms with Gasteiger partial charge in [-0.15, -0.1) is 0 Å². The molecule has 0 bridgehead atoms. The monoisotopic (exact) mass is 260 g/mol. The lowest BCUT2D eigenvalue weighted by Gasteiger charge is -2.03. The van der Waals surface area contributed by atoms with E-state index in [9.17, 15) is 4.79 Å². The lowest BCUT2D eigenvalue weighted by molar-refractivity contribution is 0.0946. The maximum absolute atomic E-state index is 11.9. The Labute approximate surface area is 110 Å². The van der Waals surface area contributed by atoms with Crippen LogP contribution in [0.15, 0.2) is 42.6 Å². The number of carbonyl (C=O) groups excluding carboxylic acids is 1. The van der Waals surface area contributed by atoms with Gasteiger partial charge in [0.2, 0.25) is 0 Å². The summed E-state index contributed by atoms with van der Waals surface area (Å²) in [6.45, 7) is 0. The van der Waals surface area contributed by atoms with Crippen LogP contribution in [0.3, 0.4) is 0 Å². The van der Waals surface area contributed by atoms with E-state index in [2.05, 4.69) is 22.4 Å². The number of carbonyl (C=O) groups is 1. The number of benzene rings is 1. The molecule has 92 valence electrons. The molecule has 3 rings (SSSR count). The Hall–Kier alpha value is -1.74. The fraction of sp³-hybridized carbons (Fsp3) is 0.214. The maximum Gasteiger partial charge on any atom is 0.267 e. The maximum atomic E-state index is 11.9. The summed E-state index contributed by atoms with van der Waals surface area (Å²) in [5.41, 5.74) is 1.80. The van der Waals surface area contributed by atoms with Gasteiger partial charge in [-0.1, -0.05) is 41.9 Å². The summed E-state index contributed by atoms with van der Waals surface area (Å²) < 4.78 is 0. The van der Waals surface area contributed by atoms with Gasteiger partial charge in [0.15, 0.2) is 0 Å². The van der Waals surface area contributed by atoms with Crippen LogP contribution in [-0.4, -0.2) is 16.9 Å². The predicted octanol–water partition coefficient (Wildman–Crippen LogP) is 2.95. The molecule has 1 aliphatic rings. The van der Waals surface area contributed by atoms with Crippen molar-refractivity contribution in [2.45, 2.75) is 18.4 Å². The number of amides is 1. The molecule has 0 spiro atoms.